The van der Waals surface area contributed by atoms with E-state index in [-0.39, 0.29) is 6.54 Å². The minimum absolute atomic E-state index is 0.370. The van der Waals surface area contributed by atoms with Crippen molar-refractivity contribution < 1.29 is 17.9 Å². The molecule has 0 spiro atoms. The van der Waals surface area contributed by atoms with Gasteiger partial charge in [-0.3, -0.25) is 4.79 Å². The molecule has 5 nitrogen and oxygen atoms in total. The summed E-state index contributed by atoms with van der Waals surface area (Å²) in [6.07, 6.45) is 1.89. The Morgan fingerprint density at radius 3 is 2.64 bits per heavy atom. The molecule has 6 heteroatoms. The predicted octanol–water partition coefficient (Wildman–Crippen LogP) is -0.778. The van der Waals surface area contributed by atoms with Crippen LogP contribution in [0, 0.1) is 0 Å². The first kappa shape index (κ1) is 10.1. The maximum Gasteiger partial charge on any atom is 0.325 e. The SMILES string of the molecule is C=COC(=O)CNS(C)(=O)=O. The monoisotopic (exact) mass is 179 g/mol. The van der Waals surface area contributed by atoms with E-state index in [0.29, 0.717) is 0 Å². The van der Waals surface area contributed by atoms with Crippen molar-refractivity contribution in [2.45, 2.75) is 0 Å². The Bertz CT molecular complexity index is 243. The molecule has 1 N–H and O–H groups in total. The van der Waals surface area contributed by atoms with Crippen molar-refractivity contribution in [2.75, 3.05) is 12.8 Å². The van der Waals surface area contributed by atoms with Crippen molar-refractivity contribution >= 4 is 16.0 Å². The molecule has 0 heterocycles. The molecule has 0 amide bonds. The first-order chi connectivity index (χ1) is 4.95. The highest BCUT2D eigenvalue weighted by Gasteiger charge is 2.05. The highest BCUT2D eigenvalue weighted by Crippen LogP contribution is 1.78. The maximum absolute atomic E-state index is 10.5. The number of ether oxygens (including phenoxy) is 1. The van der Waals surface area contributed by atoms with Gasteiger partial charge in [-0.2, -0.15) is 0 Å². The number of carbonyl (C=O) groups excluding carboxylic acids is 1. The molecule has 0 aromatic rings. The summed E-state index contributed by atoms with van der Waals surface area (Å²) in [5, 5.41) is 0. The van der Waals surface area contributed by atoms with Crippen LogP contribution in [-0.4, -0.2) is 27.2 Å². The third-order valence-electron chi connectivity index (χ3n) is 0.693. The highest BCUT2D eigenvalue weighted by molar-refractivity contribution is 7.88. The lowest BCUT2D eigenvalue weighted by molar-refractivity contribution is -0.136. The minimum Gasteiger partial charge on any atom is -0.434 e. The molecule has 0 bridgehead atoms. The van der Waals surface area contributed by atoms with Crippen molar-refractivity contribution in [3.8, 4) is 0 Å². The van der Waals surface area contributed by atoms with Crippen LogP contribution in [0.15, 0.2) is 12.8 Å². The van der Waals surface area contributed by atoms with E-state index in [1.54, 1.807) is 0 Å². The fraction of sp³-hybridized carbons (Fsp3) is 0.400. The molecule has 0 fully saturated rings. The quantitative estimate of drug-likeness (QED) is 0.454. The molecular weight excluding hydrogens is 170 g/mol. The summed E-state index contributed by atoms with van der Waals surface area (Å²) < 4.78 is 27.0. The van der Waals surface area contributed by atoms with Gasteiger partial charge in [0.1, 0.15) is 6.54 Å². The van der Waals surface area contributed by atoms with Gasteiger partial charge in [0.05, 0.1) is 12.5 Å². The van der Waals surface area contributed by atoms with Crippen LogP contribution in [0.2, 0.25) is 0 Å². The molecule has 0 aromatic heterocycles. The van der Waals surface area contributed by atoms with Gasteiger partial charge in [-0.1, -0.05) is 6.58 Å². The van der Waals surface area contributed by atoms with E-state index >= 15 is 0 Å². The van der Waals surface area contributed by atoms with Crippen LogP contribution < -0.4 is 4.72 Å². The molecule has 64 valence electrons. The van der Waals surface area contributed by atoms with Crippen LogP contribution in [0.4, 0.5) is 0 Å². The van der Waals surface area contributed by atoms with Crippen molar-refractivity contribution in [3.63, 3.8) is 0 Å². The molecule has 0 saturated carbocycles. The third-order valence-corrected chi connectivity index (χ3v) is 1.36. The number of carbonyl (C=O) groups is 1. The fourth-order valence-corrected chi connectivity index (χ4v) is 0.705. The van der Waals surface area contributed by atoms with Gasteiger partial charge in [0.25, 0.3) is 0 Å². The summed E-state index contributed by atoms with van der Waals surface area (Å²) >= 11 is 0. The second-order valence-corrected chi connectivity index (χ2v) is 3.58. The number of sulfonamides is 1. The predicted molar refractivity (Wildman–Crippen MR) is 39.1 cm³/mol. The maximum atomic E-state index is 10.5. The molecule has 0 aliphatic heterocycles. The van der Waals surface area contributed by atoms with Crippen LogP contribution in [0.3, 0.4) is 0 Å². The minimum atomic E-state index is -3.32. The molecule has 0 aromatic carbocycles. The first-order valence-electron chi connectivity index (χ1n) is 2.71. The van der Waals surface area contributed by atoms with E-state index in [9.17, 15) is 13.2 Å². The van der Waals surface area contributed by atoms with Gasteiger partial charge in [-0.15, -0.1) is 0 Å². The molecule has 0 aliphatic carbocycles. The van der Waals surface area contributed by atoms with Crippen LogP contribution in [0.5, 0.6) is 0 Å². The van der Waals surface area contributed by atoms with Crippen molar-refractivity contribution in [1.82, 2.24) is 4.72 Å². The lowest BCUT2D eigenvalue weighted by Crippen LogP contribution is -2.28. The molecule has 0 saturated heterocycles. The number of rotatable bonds is 4. The molecule has 11 heavy (non-hydrogen) atoms. The van der Waals surface area contributed by atoms with E-state index in [1.165, 1.54) is 0 Å². The summed E-state index contributed by atoms with van der Waals surface area (Å²) in [4.78, 5) is 10.5. The summed E-state index contributed by atoms with van der Waals surface area (Å²) in [6.45, 7) is 2.75. The van der Waals surface area contributed by atoms with Crippen LogP contribution in [0.1, 0.15) is 0 Å². The lowest BCUT2D eigenvalue weighted by atomic mass is 10.7. The van der Waals surface area contributed by atoms with E-state index in [2.05, 4.69) is 11.3 Å². The lowest BCUT2D eigenvalue weighted by Gasteiger charge is -1.98. The second-order valence-electron chi connectivity index (χ2n) is 1.75. The normalized spacial score (nSPS) is 10.6. The van der Waals surface area contributed by atoms with Gasteiger partial charge >= 0.3 is 5.97 Å². The van der Waals surface area contributed by atoms with Crippen molar-refractivity contribution in [2.24, 2.45) is 0 Å². The zero-order valence-electron chi connectivity index (χ0n) is 6.03. The number of hydrogen-bond donors (Lipinski definition) is 1. The molecule has 0 aliphatic rings. The molecule has 0 radical (unpaired) electrons. The van der Waals surface area contributed by atoms with Gasteiger partial charge < -0.3 is 4.74 Å². The van der Waals surface area contributed by atoms with E-state index in [0.717, 1.165) is 12.5 Å². The Morgan fingerprint density at radius 1 is 1.73 bits per heavy atom. The molecule has 0 unspecified atom stereocenters. The Balaban J connectivity index is 3.72. The van der Waals surface area contributed by atoms with Gasteiger partial charge in [0.2, 0.25) is 10.0 Å². The Morgan fingerprint density at radius 2 is 2.27 bits per heavy atom. The van der Waals surface area contributed by atoms with Crippen LogP contribution in [-0.2, 0) is 19.6 Å². The zero-order valence-corrected chi connectivity index (χ0v) is 6.85. The largest absolute Gasteiger partial charge is 0.434 e. The average molecular weight is 179 g/mol. The summed E-state index contributed by atoms with van der Waals surface area (Å²) in [5.41, 5.74) is 0. The smallest absolute Gasteiger partial charge is 0.325 e. The van der Waals surface area contributed by atoms with E-state index in [1.807, 2.05) is 4.72 Å². The number of esters is 1. The third kappa shape index (κ3) is 7.01. The Labute approximate surface area is 65.1 Å². The average Bonchev–Trinajstić information content (AvgIpc) is 1.83. The summed E-state index contributed by atoms with van der Waals surface area (Å²) in [7, 11) is -3.32. The second kappa shape index (κ2) is 4.09. The Kier molecular flexibility index (Phi) is 3.77. The van der Waals surface area contributed by atoms with E-state index in [4.69, 9.17) is 0 Å². The summed E-state index contributed by atoms with van der Waals surface area (Å²) in [6, 6.07) is 0. The van der Waals surface area contributed by atoms with Gasteiger partial charge in [-0.05, 0) is 0 Å². The van der Waals surface area contributed by atoms with Crippen LogP contribution >= 0.6 is 0 Å². The van der Waals surface area contributed by atoms with Crippen molar-refractivity contribution in [3.05, 3.63) is 12.8 Å². The Hall–Kier alpha value is -0.880. The first-order valence-corrected chi connectivity index (χ1v) is 4.60. The standard InChI is InChI=1S/C5H9NO4S/c1-3-10-5(7)4-6-11(2,8)9/h3,6H,1,4H2,2H3. The van der Waals surface area contributed by atoms with Crippen molar-refractivity contribution in [1.29, 1.82) is 0 Å². The topological polar surface area (TPSA) is 72.5 Å². The van der Waals surface area contributed by atoms with E-state index < -0.39 is 16.0 Å². The molecule has 0 rings (SSSR count). The van der Waals surface area contributed by atoms with Crippen LogP contribution in [0.25, 0.3) is 0 Å². The zero-order chi connectivity index (χ0) is 8.91. The highest BCUT2D eigenvalue weighted by atomic mass is 32.2. The molecule has 0 atom stereocenters. The fourth-order valence-electron chi connectivity index (χ4n) is 0.325. The summed E-state index contributed by atoms with van der Waals surface area (Å²) in [5.74, 6) is -0.689. The van der Waals surface area contributed by atoms with Gasteiger partial charge in [0.15, 0.2) is 0 Å². The number of nitrogens with one attached hydrogen (secondary N) is 1. The van der Waals surface area contributed by atoms with Gasteiger partial charge in [-0.25, -0.2) is 13.1 Å². The molecular formula is C5H9NO4S. The number of hydrogen-bond acceptors (Lipinski definition) is 4. The van der Waals surface area contributed by atoms with Gasteiger partial charge in [0, 0.05) is 0 Å².